The molecule has 0 radical (unpaired) electrons. The second-order valence-corrected chi connectivity index (χ2v) is 14.5. The van der Waals surface area contributed by atoms with Gasteiger partial charge in [-0.2, -0.15) is 15.1 Å². The van der Waals surface area contributed by atoms with Crippen LogP contribution in [0.25, 0.3) is 32.9 Å². The zero-order valence-corrected chi connectivity index (χ0v) is 26.5. The quantitative estimate of drug-likeness (QED) is 0.247. The molecule has 3 aliphatic heterocycles. The predicted octanol–water partition coefficient (Wildman–Crippen LogP) is 6.26. The summed E-state index contributed by atoms with van der Waals surface area (Å²) < 4.78 is 53.4. The van der Waals surface area contributed by atoms with Crippen LogP contribution in [-0.2, 0) is 0 Å². The lowest BCUT2D eigenvalue weighted by Crippen LogP contribution is -2.58. The predicted molar refractivity (Wildman–Crippen MR) is 169 cm³/mol. The Kier molecular flexibility index (Phi) is 6.79. The minimum atomic E-state index is -0.790. The van der Waals surface area contributed by atoms with Gasteiger partial charge in [0.05, 0.1) is 23.4 Å². The maximum Gasteiger partial charge on any atom is 0.319 e. The number of nitrogens with zero attached hydrogens (tertiary/aromatic N) is 5. The molecular weight excluding hydrogens is 603 g/mol. The second-order valence-electron chi connectivity index (χ2n) is 14.1. The van der Waals surface area contributed by atoms with Crippen LogP contribution >= 0.6 is 11.6 Å². The number of likely N-dealkylation sites (tertiary alicyclic amines) is 1. The van der Waals surface area contributed by atoms with Crippen LogP contribution in [0.15, 0.2) is 12.1 Å². The molecule has 1 aliphatic carbocycles. The number of aryl methyl sites for hydroxylation is 1. The van der Waals surface area contributed by atoms with E-state index in [4.69, 9.17) is 21.3 Å². The molecule has 4 aromatic rings. The van der Waals surface area contributed by atoms with Crippen LogP contribution in [0.3, 0.4) is 0 Å². The van der Waals surface area contributed by atoms with Crippen molar-refractivity contribution in [2.75, 3.05) is 44.2 Å². The highest BCUT2D eigenvalue weighted by Crippen LogP contribution is 2.48. The average molecular weight is 640 g/mol. The van der Waals surface area contributed by atoms with E-state index in [1.807, 2.05) is 0 Å². The lowest BCUT2D eigenvalue weighted by Gasteiger charge is -2.40. The summed E-state index contributed by atoms with van der Waals surface area (Å²) in [6, 6.07) is 3.40. The molecular formula is C33H37ClF3N7O. The third-order valence-corrected chi connectivity index (χ3v) is 10.8. The van der Waals surface area contributed by atoms with Gasteiger partial charge in [-0.15, -0.1) is 0 Å². The van der Waals surface area contributed by atoms with Crippen molar-refractivity contribution in [1.29, 1.82) is 0 Å². The molecule has 0 unspecified atom stereocenters. The van der Waals surface area contributed by atoms with Gasteiger partial charge in [0, 0.05) is 71.1 Å². The molecule has 3 atom stereocenters. The Bertz CT molecular complexity index is 1840. The van der Waals surface area contributed by atoms with Crippen molar-refractivity contribution in [2.45, 2.75) is 70.6 Å². The number of rotatable bonds is 7. The Hall–Kier alpha value is -3.15. The summed E-state index contributed by atoms with van der Waals surface area (Å²) >= 11 is 6.56. The van der Waals surface area contributed by atoms with Crippen molar-refractivity contribution in [2.24, 2.45) is 5.41 Å². The number of piperazine rings is 1. The summed E-state index contributed by atoms with van der Waals surface area (Å²) in [5, 5.41) is 12.2. The van der Waals surface area contributed by atoms with Crippen molar-refractivity contribution in [3.8, 4) is 17.1 Å². The van der Waals surface area contributed by atoms with E-state index < -0.39 is 17.8 Å². The molecule has 0 spiro atoms. The Morgan fingerprint density at radius 1 is 1.09 bits per heavy atom. The van der Waals surface area contributed by atoms with E-state index in [9.17, 15) is 4.39 Å². The van der Waals surface area contributed by atoms with Gasteiger partial charge in [-0.3, -0.25) is 10.00 Å². The van der Waals surface area contributed by atoms with E-state index >= 15 is 8.78 Å². The van der Waals surface area contributed by atoms with E-state index in [1.165, 1.54) is 6.07 Å². The number of benzene rings is 2. The number of H-pyrrole nitrogens is 1. The largest absolute Gasteiger partial charge is 0.463 e. The van der Waals surface area contributed by atoms with Crippen molar-refractivity contribution in [1.82, 2.24) is 30.4 Å². The Balaban J connectivity index is 1.24. The molecule has 2 aromatic carbocycles. The van der Waals surface area contributed by atoms with Gasteiger partial charge in [0.1, 0.15) is 23.3 Å². The van der Waals surface area contributed by atoms with Gasteiger partial charge in [0.25, 0.3) is 0 Å². The first kappa shape index (κ1) is 29.3. The van der Waals surface area contributed by atoms with E-state index in [1.54, 1.807) is 19.9 Å². The Labute approximate surface area is 264 Å². The first-order valence-corrected chi connectivity index (χ1v) is 16.3. The summed E-state index contributed by atoms with van der Waals surface area (Å²) in [7, 11) is 0. The Morgan fingerprint density at radius 2 is 1.91 bits per heavy atom. The number of nitrogens with one attached hydrogen (secondary N) is 2. The number of aromatic nitrogens is 4. The lowest BCUT2D eigenvalue weighted by molar-refractivity contribution is 0.165. The number of fused-ring (bicyclic) bond motifs is 4. The minimum absolute atomic E-state index is 0.000710. The third kappa shape index (κ3) is 5.02. The molecule has 2 aromatic heterocycles. The van der Waals surface area contributed by atoms with Gasteiger partial charge in [0.15, 0.2) is 5.82 Å². The van der Waals surface area contributed by atoms with Gasteiger partial charge in [-0.25, -0.2) is 13.2 Å². The summed E-state index contributed by atoms with van der Waals surface area (Å²) in [4.78, 5) is 13.7. The first-order chi connectivity index (χ1) is 21.5. The summed E-state index contributed by atoms with van der Waals surface area (Å²) in [6.45, 7) is 9.34. The van der Waals surface area contributed by atoms with E-state index in [2.05, 4.69) is 37.2 Å². The van der Waals surface area contributed by atoms with Gasteiger partial charge >= 0.3 is 6.01 Å². The summed E-state index contributed by atoms with van der Waals surface area (Å²) in [5.41, 5.74) is 1.69. The van der Waals surface area contributed by atoms with E-state index in [0.717, 1.165) is 38.8 Å². The van der Waals surface area contributed by atoms with Crippen LogP contribution in [0.5, 0.6) is 6.01 Å². The number of aromatic amines is 1. The van der Waals surface area contributed by atoms with E-state index in [-0.39, 0.29) is 34.1 Å². The fraction of sp³-hybridized carbons (Fsp3) is 0.545. The van der Waals surface area contributed by atoms with Crippen LogP contribution in [0, 0.1) is 30.9 Å². The van der Waals surface area contributed by atoms with Crippen molar-refractivity contribution >= 4 is 39.2 Å². The number of alkyl halides is 1. The molecule has 0 amide bonds. The number of hydrogen-bond acceptors (Lipinski definition) is 7. The smallest absolute Gasteiger partial charge is 0.319 e. The van der Waals surface area contributed by atoms with Crippen LogP contribution in [0.2, 0.25) is 5.02 Å². The van der Waals surface area contributed by atoms with Gasteiger partial charge in [-0.05, 0) is 70.6 Å². The maximum atomic E-state index is 16.9. The maximum absolute atomic E-state index is 16.9. The fourth-order valence-corrected chi connectivity index (χ4v) is 8.07. The molecule has 3 saturated heterocycles. The molecule has 12 heteroatoms. The zero-order chi connectivity index (χ0) is 31.2. The summed E-state index contributed by atoms with van der Waals surface area (Å²) in [5.74, 6) is -1.04. The molecule has 1 saturated carbocycles. The normalized spacial score (nSPS) is 26.0. The monoisotopic (exact) mass is 639 g/mol. The van der Waals surface area contributed by atoms with Crippen LogP contribution in [0.4, 0.5) is 19.0 Å². The highest BCUT2D eigenvalue weighted by molar-refractivity contribution is 6.33. The molecule has 2 N–H and O–H groups in total. The standard InChI is InChI=1S/C33H37ClF3N7O/c1-17-22(34)11-24-26(18(2)41-42-24)25(17)27-23(36)10-21-29(28(27)37)38-31(39-30(21)44-13-20-4-6-32(3,14-44)40-20)45-16-33(7-8-33)15-43-9-5-19(35)12-43/h10-11,19-20,40H,4-9,12-16H2,1-3H3,(H,41,42)/t19-,20-,32-/m1/s1. The highest BCUT2D eigenvalue weighted by atomic mass is 35.5. The van der Waals surface area contributed by atoms with Crippen LogP contribution in [0.1, 0.15) is 50.3 Å². The fourth-order valence-electron chi connectivity index (χ4n) is 7.87. The molecule has 8 rings (SSSR count). The van der Waals surface area contributed by atoms with Gasteiger partial charge < -0.3 is 15.0 Å². The molecule has 4 aliphatic rings. The highest BCUT2D eigenvalue weighted by Gasteiger charge is 2.46. The van der Waals surface area contributed by atoms with Crippen LogP contribution < -0.4 is 15.0 Å². The molecule has 238 valence electrons. The minimum Gasteiger partial charge on any atom is -0.463 e. The van der Waals surface area contributed by atoms with E-state index in [0.29, 0.717) is 76.6 Å². The SMILES string of the molecule is Cc1c(Cl)cc2[nH]nc(C)c2c1-c1c(F)cc2c(N3C[C@H]4CC[C@](C)(C3)N4)nc(OCC3(CN4CC[C@@H](F)C4)CC3)nc2c1F. The number of hydrogen-bond donors (Lipinski definition) is 2. The molecule has 5 heterocycles. The first-order valence-electron chi connectivity index (χ1n) is 15.9. The molecule has 2 bridgehead atoms. The summed E-state index contributed by atoms with van der Waals surface area (Å²) in [6.07, 6.45) is 3.76. The second kappa shape index (κ2) is 10.4. The van der Waals surface area contributed by atoms with Gasteiger partial charge in [-0.1, -0.05) is 11.6 Å². The van der Waals surface area contributed by atoms with Crippen molar-refractivity contribution < 1.29 is 17.9 Å². The number of halogens is 4. The molecule has 45 heavy (non-hydrogen) atoms. The lowest BCUT2D eigenvalue weighted by atomic mass is 9.93. The van der Waals surface area contributed by atoms with Crippen LogP contribution in [-0.4, -0.2) is 82.1 Å². The zero-order valence-electron chi connectivity index (χ0n) is 25.7. The topological polar surface area (TPSA) is 82.2 Å². The number of anilines is 1. The third-order valence-electron chi connectivity index (χ3n) is 10.4. The van der Waals surface area contributed by atoms with Crippen molar-refractivity contribution in [3.05, 3.63) is 40.0 Å². The molecule has 4 fully saturated rings. The number of ether oxygens (including phenoxy) is 1. The van der Waals surface area contributed by atoms with Crippen molar-refractivity contribution in [3.63, 3.8) is 0 Å². The average Bonchev–Trinajstić information content (AvgIpc) is 3.34. The van der Waals surface area contributed by atoms with Gasteiger partial charge in [0.2, 0.25) is 0 Å². The Morgan fingerprint density at radius 3 is 2.64 bits per heavy atom. The molecule has 8 nitrogen and oxygen atoms in total.